The van der Waals surface area contributed by atoms with Crippen molar-refractivity contribution in [1.82, 2.24) is 0 Å². The zero-order valence-corrected chi connectivity index (χ0v) is 11.1. The molecule has 94 valence electrons. The smallest absolute Gasteiger partial charge is 0.135 e. The van der Waals surface area contributed by atoms with E-state index in [-0.39, 0.29) is 10.8 Å². The zero-order valence-electron chi connectivity index (χ0n) is 10.3. The molecular weight excluding hydrogens is 235 g/mol. The van der Waals surface area contributed by atoms with E-state index in [1.165, 1.54) is 12.5 Å². The average molecular weight is 254 g/mol. The quantitative estimate of drug-likeness (QED) is 0.604. The molecule has 0 aliphatic heterocycles. The minimum atomic E-state index is -0.369. The maximum absolute atomic E-state index is 13.5. The van der Waals surface area contributed by atoms with E-state index in [9.17, 15) is 4.39 Å². The van der Waals surface area contributed by atoms with Gasteiger partial charge in [0.25, 0.3) is 0 Å². The lowest BCUT2D eigenvalue weighted by Gasteiger charge is -2.09. The number of rotatable bonds is 6. The van der Waals surface area contributed by atoms with E-state index < -0.39 is 0 Å². The third-order valence-corrected chi connectivity index (χ3v) is 2.74. The van der Waals surface area contributed by atoms with Gasteiger partial charge in [-0.3, -0.25) is 0 Å². The molecule has 0 amide bonds. The van der Waals surface area contributed by atoms with E-state index in [4.69, 9.17) is 18.0 Å². The van der Waals surface area contributed by atoms with E-state index >= 15 is 0 Å². The molecule has 0 aliphatic rings. The van der Waals surface area contributed by atoms with Crippen LogP contribution in [0.25, 0.3) is 0 Å². The molecule has 2 nitrogen and oxygen atoms in total. The molecule has 1 rings (SSSR count). The number of hydrogen-bond acceptors (Lipinski definition) is 2. The zero-order chi connectivity index (χ0) is 12.8. The maximum atomic E-state index is 13.5. The van der Waals surface area contributed by atoms with Crippen LogP contribution in [-0.4, -0.2) is 11.5 Å². The number of nitrogens with one attached hydrogen (secondary N) is 1. The number of anilines is 1. The van der Waals surface area contributed by atoms with Gasteiger partial charge in [-0.25, -0.2) is 4.39 Å². The SMILES string of the molecule is CC(C)CCCNc1ccc(C(N)=S)c(F)c1. The van der Waals surface area contributed by atoms with Gasteiger partial charge in [0.05, 0.1) is 0 Å². The lowest BCUT2D eigenvalue weighted by atomic mass is 10.1. The fourth-order valence-electron chi connectivity index (χ4n) is 1.57. The molecule has 0 saturated carbocycles. The fourth-order valence-corrected chi connectivity index (χ4v) is 1.73. The Morgan fingerprint density at radius 1 is 1.47 bits per heavy atom. The Hall–Kier alpha value is -1.16. The third kappa shape index (κ3) is 4.69. The Labute approximate surface area is 107 Å². The standard InChI is InChI=1S/C13H19FN2S/c1-9(2)4-3-7-16-10-5-6-11(13(15)17)12(14)8-10/h5-6,8-9,16H,3-4,7H2,1-2H3,(H2,15,17). The topological polar surface area (TPSA) is 38.0 Å². The number of nitrogens with two attached hydrogens (primary N) is 1. The Kier molecular flexibility index (Phi) is 5.35. The molecule has 17 heavy (non-hydrogen) atoms. The van der Waals surface area contributed by atoms with Crippen LogP contribution >= 0.6 is 12.2 Å². The van der Waals surface area contributed by atoms with Gasteiger partial charge in [-0.1, -0.05) is 26.1 Å². The minimum absolute atomic E-state index is 0.0915. The van der Waals surface area contributed by atoms with Crippen LogP contribution in [0.5, 0.6) is 0 Å². The predicted octanol–water partition coefficient (Wildman–Crippen LogP) is 3.31. The van der Waals surface area contributed by atoms with Crippen LogP contribution < -0.4 is 11.1 Å². The van der Waals surface area contributed by atoms with E-state index in [2.05, 4.69) is 19.2 Å². The summed E-state index contributed by atoms with van der Waals surface area (Å²) in [5.41, 5.74) is 6.46. The van der Waals surface area contributed by atoms with Crippen molar-refractivity contribution in [2.75, 3.05) is 11.9 Å². The number of hydrogen-bond donors (Lipinski definition) is 2. The second kappa shape index (κ2) is 6.55. The van der Waals surface area contributed by atoms with Crippen LogP contribution in [0.15, 0.2) is 18.2 Å². The van der Waals surface area contributed by atoms with Crippen LogP contribution in [-0.2, 0) is 0 Å². The molecule has 1 aromatic rings. The summed E-state index contributed by atoms with van der Waals surface area (Å²) in [6, 6.07) is 4.85. The van der Waals surface area contributed by atoms with E-state index in [0.29, 0.717) is 11.5 Å². The average Bonchev–Trinajstić information content (AvgIpc) is 2.23. The first-order valence-electron chi connectivity index (χ1n) is 5.84. The molecule has 0 unspecified atom stereocenters. The Morgan fingerprint density at radius 3 is 2.71 bits per heavy atom. The summed E-state index contributed by atoms with van der Waals surface area (Å²) in [6.07, 6.45) is 2.25. The third-order valence-electron chi connectivity index (χ3n) is 2.52. The van der Waals surface area contributed by atoms with Crippen LogP contribution in [0.4, 0.5) is 10.1 Å². The first-order valence-corrected chi connectivity index (χ1v) is 6.24. The van der Waals surface area contributed by atoms with Gasteiger partial charge in [-0.2, -0.15) is 0 Å². The summed E-state index contributed by atoms with van der Waals surface area (Å²) in [7, 11) is 0. The van der Waals surface area contributed by atoms with Crippen LogP contribution in [0, 0.1) is 11.7 Å². The minimum Gasteiger partial charge on any atom is -0.389 e. The Bertz CT molecular complexity index is 391. The first kappa shape index (κ1) is 13.9. The van der Waals surface area contributed by atoms with Gasteiger partial charge in [-0.05, 0) is 37.0 Å². The van der Waals surface area contributed by atoms with Crippen molar-refractivity contribution in [1.29, 1.82) is 0 Å². The van der Waals surface area contributed by atoms with Crippen molar-refractivity contribution in [3.63, 3.8) is 0 Å². The van der Waals surface area contributed by atoms with Crippen LogP contribution in [0.1, 0.15) is 32.3 Å². The summed E-state index contributed by atoms with van der Waals surface area (Å²) < 4.78 is 13.5. The van der Waals surface area contributed by atoms with Crippen molar-refractivity contribution >= 4 is 22.9 Å². The Balaban J connectivity index is 2.50. The number of benzene rings is 1. The molecule has 1 aromatic carbocycles. The summed E-state index contributed by atoms with van der Waals surface area (Å²) in [5.74, 6) is 0.330. The van der Waals surface area contributed by atoms with Crippen molar-refractivity contribution in [2.24, 2.45) is 11.7 Å². The lowest BCUT2D eigenvalue weighted by molar-refractivity contribution is 0.567. The molecule has 0 radical (unpaired) electrons. The molecule has 0 saturated heterocycles. The van der Waals surface area contributed by atoms with Gasteiger partial charge in [0.15, 0.2) is 0 Å². The second-order valence-corrected chi connectivity index (χ2v) is 4.96. The lowest BCUT2D eigenvalue weighted by Crippen LogP contribution is -2.12. The molecule has 0 heterocycles. The van der Waals surface area contributed by atoms with Crippen molar-refractivity contribution < 1.29 is 4.39 Å². The van der Waals surface area contributed by atoms with Gasteiger partial charge >= 0.3 is 0 Å². The van der Waals surface area contributed by atoms with Crippen LogP contribution in [0.2, 0.25) is 0 Å². The van der Waals surface area contributed by atoms with Gasteiger partial charge < -0.3 is 11.1 Å². The van der Waals surface area contributed by atoms with Crippen LogP contribution in [0.3, 0.4) is 0 Å². The first-order chi connectivity index (χ1) is 8.00. The van der Waals surface area contributed by atoms with E-state index in [1.54, 1.807) is 12.1 Å². The van der Waals surface area contributed by atoms with Gasteiger partial charge in [-0.15, -0.1) is 0 Å². The molecule has 0 spiro atoms. The van der Waals surface area contributed by atoms with Crippen molar-refractivity contribution in [3.05, 3.63) is 29.6 Å². The molecule has 0 bridgehead atoms. The highest BCUT2D eigenvalue weighted by Gasteiger charge is 2.05. The van der Waals surface area contributed by atoms with Crippen molar-refractivity contribution in [3.8, 4) is 0 Å². The highest BCUT2D eigenvalue weighted by Crippen LogP contribution is 2.15. The number of halogens is 1. The monoisotopic (exact) mass is 254 g/mol. The highest BCUT2D eigenvalue weighted by molar-refractivity contribution is 7.80. The second-order valence-electron chi connectivity index (χ2n) is 4.52. The summed E-state index contributed by atoms with van der Waals surface area (Å²) in [4.78, 5) is 0.0915. The molecular formula is C13H19FN2S. The molecule has 3 N–H and O–H groups in total. The number of thiocarbonyl (C=S) groups is 1. The maximum Gasteiger partial charge on any atom is 0.135 e. The molecule has 0 aliphatic carbocycles. The van der Waals surface area contributed by atoms with Gasteiger partial charge in [0.1, 0.15) is 10.8 Å². The molecule has 4 heteroatoms. The predicted molar refractivity (Wildman–Crippen MR) is 74.8 cm³/mol. The van der Waals surface area contributed by atoms with E-state index in [1.807, 2.05) is 0 Å². The largest absolute Gasteiger partial charge is 0.389 e. The fraction of sp³-hybridized carbons (Fsp3) is 0.462. The molecule has 0 fully saturated rings. The van der Waals surface area contributed by atoms with Gasteiger partial charge in [0.2, 0.25) is 0 Å². The van der Waals surface area contributed by atoms with E-state index in [0.717, 1.165) is 18.7 Å². The van der Waals surface area contributed by atoms with Crippen molar-refractivity contribution in [2.45, 2.75) is 26.7 Å². The molecule has 0 atom stereocenters. The summed E-state index contributed by atoms with van der Waals surface area (Å²) >= 11 is 4.75. The highest BCUT2D eigenvalue weighted by atomic mass is 32.1. The van der Waals surface area contributed by atoms with Gasteiger partial charge in [0, 0.05) is 17.8 Å². The molecule has 0 aromatic heterocycles. The summed E-state index contributed by atoms with van der Waals surface area (Å²) in [6.45, 7) is 5.23. The summed E-state index contributed by atoms with van der Waals surface area (Å²) in [5, 5.41) is 3.18. The normalized spacial score (nSPS) is 10.6. The Morgan fingerprint density at radius 2 is 2.18 bits per heavy atom.